The number of esters is 1. The Labute approximate surface area is 170 Å². The average molecular weight is 420 g/mol. The first-order valence-corrected chi connectivity index (χ1v) is 10.2. The van der Waals surface area contributed by atoms with Crippen molar-refractivity contribution in [1.29, 1.82) is 0 Å². The molecule has 156 valence electrons. The fourth-order valence-corrected chi connectivity index (χ4v) is 3.44. The number of amides is 1. The number of nitrogens with one attached hydrogen (secondary N) is 1. The number of sulfonamides is 1. The molecule has 1 amide bonds. The number of carbonyl (C=O) groups excluding carboxylic acids is 2. The molecule has 0 unspecified atom stereocenters. The van der Waals surface area contributed by atoms with E-state index in [4.69, 9.17) is 9.57 Å². The van der Waals surface area contributed by atoms with E-state index in [0.717, 1.165) is 11.1 Å². The molecule has 0 aliphatic carbocycles. The predicted octanol–water partition coefficient (Wildman–Crippen LogP) is 2.67. The summed E-state index contributed by atoms with van der Waals surface area (Å²) in [6, 6.07) is 10.9. The predicted molar refractivity (Wildman–Crippen MR) is 108 cm³/mol. The van der Waals surface area contributed by atoms with Crippen LogP contribution in [0.15, 0.2) is 47.4 Å². The Morgan fingerprint density at radius 1 is 1.10 bits per heavy atom. The lowest BCUT2D eigenvalue weighted by Gasteiger charge is -2.16. The van der Waals surface area contributed by atoms with Crippen LogP contribution in [0.3, 0.4) is 0 Å². The van der Waals surface area contributed by atoms with Crippen molar-refractivity contribution in [1.82, 2.24) is 4.47 Å². The van der Waals surface area contributed by atoms with Crippen LogP contribution in [0, 0.1) is 13.8 Å². The summed E-state index contributed by atoms with van der Waals surface area (Å²) in [5, 5.41) is 2.73. The first-order valence-electron chi connectivity index (χ1n) is 8.78. The minimum Gasteiger partial charge on any atom is -0.449 e. The van der Waals surface area contributed by atoms with Gasteiger partial charge in [0, 0.05) is 12.7 Å². The highest BCUT2D eigenvalue weighted by Gasteiger charge is 2.24. The lowest BCUT2D eigenvalue weighted by Crippen LogP contribution is -2.30. The quantitative estimate of drug-likeness (QED) is 0.546. The van der Waals surface area contributed by atoms with Gasteiger partial charge in [-0.25, -0.2) is 13.2 Å². The first-order chi connectivity index (χ1) is 13.6. The van der Waals surface area contributed by atoms with Crippen LogP contribution in [0.25, 0.3) is 0 Å². The van der Waals surface area contributed by atoms with Crippen LogP contribution in [0.2, 0.25) is 0 Å². The molecule has 2 rings (SSSR count). The maximum Gasteiger partial charge on any atom is 0.338 e. The number of nitrogens with zero attached hydrogens (tertiary/aromatic N) is 1. The van der Waals surface area contributed by atoms with Crippen molar-refractivity contribution < 1.29 is 27.6 Å². The second-order valence-corrected chi connectivity index (χ2v) is 8.42. The average Bonchev–Trinajstić information content (AvgIpc) is 2.69. The second kappa shape index (κ2) is 9.17. The molecule has 9 heteroatoms. The van der Waals surface area contributed by atoms with Crippen molar-refractivity contribution in [2.75, 3.05) is 19.5 Å². The molecule has 0 spiro atoms. The van der Waals surface area contributed by atoms with E-state index in [0.29, 0.717) is 10.2 Å². The van der Waals surface area contributed by atoms with Gasteiger partial charge in [0.15, 0.2) is 6.10 Å². The van der Waals surface area contributed by atoms with Gasteiger partial charge in [-0.15, -0.1) is 0 Å². The maximum atomic E-state index is 12.4. The van der Waals surface area contributed by atoms with Gasteiger partial charge in [-0.3, -0.25) is 9.63 Å². The summed E-state index contributed by atoms with van der Waals surface area (Å²) in [6.45, 7) is 5.20. The van der Waals surface area contributed by atoms with Crippen molar-refractivity contribution in [3.63, 3.8) is 0 Å². The number of carbonyl (C=O) groups is 2. The van der Waals surface area contributed by atoms with E-state index >= 15 is 0 Å². The molecular weight excluding hydrogens is 396 g/mol. The van der Waals surface area contributed by atoms with E-state index in [2.05, 4.69) is 5.32 Å². The largest absolute Gasteiger partial charge is 0.449 e. The number of ether oxygens (including phenoxy) is 1. The number of aryl methyl sites for hydroxylation is 2. The van der Waals surface area contributed by atoms with E-state index in [1.54, 1.807) is 0 Å². The third kappa shape index (κ3) is 5.41. The highest BCUT2D eigenvalue weighted by molar-refractivity contribution is 7.89. The molecule has 1 atom stereocenters. The van der Waals surface area contributed by atoms with E-state index < -0.39 is 28.0 Å². The Morgan fingerprint density at radius 2 is 1.79 bits per heavy atom. The minimum atomic E-state index is -3.92. The van der Waals surface area contributed by atoms with Crippen molar-refractivity contribution in [3.8, 4) is 0 Å². The molecule has 8 nitrogen and oxygen atoms in total. The summed E-state index contributed by atoms with van der Waals surface area (Å²) in [4.78, 5) is 29.4. The van der Waals surface area contributed by atoms with E-state index in [9.17, 15) is 18.0 Å². The van der Waals surface area contributed by atoms with Crippen LogP contribution in [-0.2, 0) is 24.4 Å². The summed E-state index contributed by atoms with van der Waals surface area (Å²) in [5.41, 5.74) is 2.49. The van der Waals surface area contributed by atoms with Gasteiger partial charge in [0.05, 0.1) is 17.6 Å². The van der Waals surface area contributed by atoms with E-state index in [-0.39, 0.29) is 10.5 Å². The van der Waals surface area contributed by atoms with Gasteiger partial charge >= 0.3 is 5.97 Å². The molecule has 0 saturated heterocycles. The molecule has 2 aromatic carbocycles. The number of hydrogen-bond acceptors (Lipinski definition) is 6. The molecule has 2 aromatic rings. The molecule has 0 aromatic heterocycles. The summed E-state index contributed by atoms with van der Waals surface area (Å²) >= 11 is 0. The van der Waals surface area contributed by atoms with Gasteiger partial charge in [0.25, 0.3) is 15.9 Å². The first kappa shape index (κ1) is 22.5. The lowest BCUT2D eigenvalue weighted by atomic mass is 10.1. The van der Waals surface area contributed by atoms with Gasteiger partial charge in [-0.2, -0.15) is 0 Å². The number of anilines is 1. The SMILES string of the molecule is CON(C)S(=O)(=O)c1cccc(C(=O)O[C@@H](C)C(=O)Nc2cc(C)ccc2C)c1. The van der Waals surface area contributed by atoms with Crippen LogP contribution >= 0.6 is 0 Å². The van der Waals surface area contributed by atoms with Gasteiger partial charge < -0.3 is 10.1 Å². The highest BCUT2D eigenvalue weighted by Crippen LogP contribution is 2.19. The van der Waals surface area contributed by atoms with Crippen LogP contribution in [0.4, 0.5) is 5.69 Å². The summed E-state index contributed by atoms with van der Waals surface area (Å²) in [5.74, 6) is -1.30. The number of hydroxylamine groups is 1. The molecule has 0 bridgehead atoms. The molecule has 0 aliphatic heterocycles. The van der Waals surface area contributed by atoms with Crippen molar-refractivity contribution in [2.24, 2.45) is 0 Å². The summed E-state index contributed by atoms with van der Waals surface area (Å²) in [6.07, 6.45) is -1.08. The zero-order valence-corrected chi connectivity index (χ0v) is 17.7. The van der Waals surface area contributed by atoms with E-state index in [1.807, 2.05) is 32.0 Å². The molecule has 0 saturated carbocycles. The van der Waals surface area contributed by atoms with E-state index in [1.165, 1.54) is 45.3 Å². The van der Waals surface area contributed by atoms with Crippen molar-refractivity contribution in [3.05, 3.63) is 59.2 Å². The van der Waals surface area contributed by atoms with Crippen LogP contribution in [-0.4, -0.2) is 45.0 Å². The topological polar surface area (TPSA) is 102 Å². The van der Waals surface area contributed by atoms with Crippen LogP contribution in [0.5, 0.6) is 0 Å². The molecule has 0 radical (unpaired) electrons. The molecular formula is C20H24N2O6S. The number of rotatable bonds is 7. The highest BCUT2D eigenvalue weighted by atomic mass is 32.2. The molecule has 29 heavy (non-hydrogen) atoms. The Balaban J connectivity index is 2.12. The third-order valence-electron chi connectivity index (χ3n) is 4.27. The third-order valence-corrected chi connectivity index (χ3v) is 5.94. The standard InChI is InChI=1S/C20H24N2O6S/c1-13-9-10-14(2)18(11-13)21-19(23)15(3)28-20(24)16-7-6-8-17(12-16)29(25,26)22(4)27-5/h6-12,15H,1-5H3,(H,21,23)/t15-/m0/s1. The summed E-state index contributed by atoms with van der Waals surface area (Å²) < 4.78 is 30.5. The van der Waals surface area contributed by atoms with Crippen molar-refractivity contribution in [2.45, 2.75) is 31.8 Å². The molecule has 0 fully saturated rings. The number of hydrogen-bond donors (Lipinski definition) is 1. The molecule has 1 N–H and O–H groups in total. The lowest BCUT2D eigenvalue weighted by molar-refractivity contribution is -0.123. The smallest absolute Gasteiger partial charge is 0.338 e. The number of benzene rings is 2. The Kier molecular flexibility index (Phi) is 7.12. The molecule has 0 aliphatic rings. The fraction of sp³-hybridized carbons (Fsp3) is 0.300. The Bertz CT molecular complexity index is 1020. The summed E-state index contributed by atoms with van der Waals surface area (Å²) in [7, 11) is -1.47. The monoisotopic (exact) mass is 420 g/mol. The van der Waals surface area contributed by atoms with Crippen LogP contribution in [0.1, 0.15) is 28.4 Å². The van der Waals surface area contributed by atoms with Gasteiger partial charge in [-0.05, 0) is 56.2 Å². The maximum absolute atomic E-state index is 12.4. The Morgan fingerprint density at radius 3 is 2.45 bits per heavy atom. The van der Waals surface area contributed by atoms with Gasteiger partial charge in [0.1, 0.15) is 0 Å². The zero-order chi connectivity index (χ0) is 21.8. The minimum absolute atomic E-state index is 0.00182. The second-order valence-electron chi connectivity index (χ2n) is 6.48. The zero-order valence-electron chi connectivity index (χ0n) is 16.9. The van der Waals surface area contributed by atoms with Gasteiger partial charge in [-0.1, -0.05) is 22.7 Å². The van der Waals surface area contributed by atoms with Gasteiger partial charge in [0.2, 0.25) is 0 Å². The molecule has 0 heterocycles. The normalized spacial score (nSPS) is 12.5. The van der Waals surface area contributed by atoms with Crippen LogP contribution < -0.4 is 5.32 Å². The Hall–Kier alpha value is -2.75. The van der Waals surface area contributed by atoms with Crippen molar-refractivity contribution >= 4 is 27.6 Å². The fourth-order valence-electron chi connectivity index (χ4n) is 2.42.